The highest BCUT2D eigenvalue weighted by Gasteiger charge is 2.50. The van der Waals surface area contributed by atoms with Crippen LogP contribution in [0.5, 0.6) is 11.5 Å². The maximum atomic E-state index is 12.9. The maximum Gasteiger partial charge on any atom is 0.338 e. The molecule has 192 valence electrons. The number of hydrogen-bond acceptors (Lipinski definition) is 6. The highest BCUT2D eigenvalue weighted by molar-refractivity contribution is 6.22. The Kier molecular flexibility index (Phi) is 7.04. The number of nitrogens with zero attached hydrogens (tertiary/aromatic N) is 1. The summed E-state index contributed by atoms with van der Waals surface area (Å²) in [6.07, 6.45) is 4.47. The van der Waals surface area contributed by atoms with Crippen molar-refractivity contribution in [2.24, 2.45) is 17.8 Å². The fourth-order valence-corrected chi connectivity index (χ4v) is 4.79. The van der Waals surface area contributed by atoms with Crippen molar-refractivity contribution in [3.63, 3.8) is 0 Å². The Bertz CT molecular complexity index is 1380. The first-order valence-corrected chi connectivity index (χ1v) is 12.3. The van der Waals surface area contributed by atoms with Crippen molar-refractivity contribution in [3.05, 3.63) is 96.6 Å². The predicted octanol–water partition coefficient (Wildman–Crippen LogP) is 4.98. The molecule has 1 saturated heterocycles. The number of nitrogens with one attached hydrogen (secondary N) is 1. The van der Waals surface area contributed by atoms with Crippen molar-refractivity contribution in [2.45, 2.75) is 13.3 Å². The molecule has 1 heterocycles. The lowest BCUT2D eigenvalue weighted by Gasteiger charge is -2.22. The molecular weight excluding hydrogens is 484 g/mol. The largest absolute Gasteiger partial charge is 0.457 e. The Morgan fingerprint density at radius 2 is 1.58 bits per heavy atom. The highest BCUT2D eigenvalue weighted by Crippen LogP contribution is 2.40. The van der Waals surface area contributed by atoms with Gasteiger partial charge in [-0.05, 0) is 73.0 Å². The second-order valence-electron chi connectivity index (χ2n) is 9.28. The van der Waals surface area contributed by atoms with Crippen LogP contribution in [0.1, 0.15) is 23.7 Å². The first-order chi connectivity index (χ1) is 18.4. The van der Waals surface area contributed by atoms with Crippen molar-refractivity contribution >= 4 is 35.1 Å². The van der Waals surface area contributed by atoms with Gasteiger partial charge in [0.1, 0.15) is 11.5 Å². The van der Waals surface area contributed by atoms with E-state index in [1.807, 2.05) is 49.4 Å². The molecule has 0 bridgehead atoms. The topological polar surface area (TPSA) is 102 Å². The molecule has 3 atom stereocenters. The van der Waals surface area contributed by atoms with E-state index in [1.165, 1.54) is 17.0 Å². The van der Waals surface area contributed by atoms with Crippen LogP contribution in [-0.2, 0) is 19.1 Å². The van der Waals surface area contributed by atoms with Crippen molar-refractivity contribution in [2.75, 3.05) is 16.8 Å². The number of hydrogen-bond donors (Lipinski definition) is 1. The fraction of sp³-hybridized carbons (Fsp3) is 0.200. The third kappa shape index (κ3) is 5.20. The van der Waals surface area contributed by atoms with Gasteiger partial charge >= 0.3 is 5.97 Å². The normalized spacial score (nSPS) is 20.1. The van der Waals surface area contributed by atoms with Crippen LogP contribution in [-0.4, -0.2) is 30.3 Å². The number of allylic oxidation sites excluding steroid dienone is 2. The molecule has 1 aliphatic carbocycles. The molecule has 1 N–H and O–H groups in total. The SMILES string of the molecule is C[C@@H]1C=CC[C@@H]2C(=O)N(c3ccc(C(=O)OCC(=O)Nc4ccc(Oc5ccccc5)cc4)cc3)C(=O)[C@H]12. The van der Waals surface area contributed by atoms with E-state index in [0.29, 0.717) is 29.3 Å². The Morgan fingerprint density at radius 1 is 0.895 bits per heavy atom. The second kappa shape index (κ2) is 10.7. The minimum absolute atomic E-state index is 0.00356. The minimum Gasteiger partial charge on any atom is -0.457 e. The predicted molar refractivity (Wildman–Crippen MR) is 141 cm³/mol. The fourth-order valence-electron chi connectivity index (χ4n) is 4.79. The van der Waals surface area contributed by atoms with Crippen LogP contribution in [0, 0.1) is 17.8 Å². The van der Waals surface area contributed by atoms with Crippen molar-refractivity contribution in [1.29, 1.82) is 0 Å². The zero-order valence-electron chi connectivity index (χ0n) is 20.7. The average Bonchev–Trinajstić information content (AvgIpc) is 3.19. The van der Waals surface area contributed by atoms with Gasteiger partial charge in [-0.2, -0.15) is 0 Å². The van der Waals surface area contributed by atoms with E-state index >= 15 is 0 Å². The Morgan fingerprint density at radius 3 is 2.26 bits per heavy atom. The number of para-hydroxylation sites is 1. The molecule has 0 saturated carbocycles. The van der Waals surface area contributed by atoms with E-state index in [1.54, 1.807) is 36.4 Å². The van der Waals surface area contributed by atoms with Crippen LogP contribution in [0.3, 0.4) is 0 Å². The van der Waals surface area contributed by atoms with Gasteiger partial charge in [0, 0.05) is 5.69 Å². The molecule has 5 rings (SSSR count). The summed E-state index contributed by atoms with van der Waals surface area (Å²) in [7, 11) is 0. The zero-order valence-corrected chi connectivity index (χ0v) is 20.7. The lowest BCUT2D eigenvalue weighted by molar-refractivity contribution is -0.123. The molecule has 1 aliphatic heterocycles. The number of ether oxygens (including phenoxy) is 2. The van der Waals surface area contributed by atoms with Crippen molar-refractivity contribution < 1.29 is 28.7 Å². The summed E-state index contributed by atoms with van der Waals surface area (Å²) in [5.41, 5.74) is 1.15. The Hall–Kier alpha value is -4.72. The van der Waals surface area contributed by atoms with Crippen molar-refractivity contribution in [1.82, 2.24) is 0 Å². The monoisotopic (exact) mass is 510 g/mol. The summed E-state index contributed by atoms with van der Waals surface area (Å²) in [4.78, 5) is 51.7. The third-order valence-corrected chi connectivity index (χ3v) is 6.69. The van der Waals surface area contributed by atoms with Gasteiger partial charge in [0.2, 0.25) is 11.8 Å². The zero-order chi connectivity index (χ0) is 26.6. The molecule has 3 aromatic carbocycles. The van der Waals surface area contributed by atoms with Gasteiger partial charge in [0.25, 0.3) is 5.91 Å². The summed E-state index contributed by atoms with van der Waals surface area (Å²) < 4.78 is 10.9. The lowest BCUT2D eigenvalue weighted by atomic mass is 9.78. The number of carbonyl (C=O) groups is 4. The molecule has 38 heavy (non-hydrogen) atoms. The average molecular weight is 511 g/mol. The molecule has 0 spiro atoms. The van der Waals surface area contributed by atoms with Crippen LogP contribution in [0.15, 0.2) is 91.0 Å². The van der Waals surface area contributed by atoms with Gasteiger partial charge in [0.05, 0.1) is 23.1 Å². The summed E-state index contributed by atoms with van der Waals surface area (Å²) in [5, 5.41) is 2.67. The molecule has 2 aliphatic rings. The van der Waals surface area contributed by atoms with E-state index in [2.05, 4.69) is 5.32 Å². The second-order valence-corrected chi connectivity index (χ2v) is 9.28. The van der Waals surface area contributed by atoms with Crippen LogP contribution in [0.2, 0.25) is 0 Å². The number of anilines is 2. The molecule has 0 unspecified atom stereocenters. The quantitative estimate of drug-likeness (QED) is 0.273. The molecule has 8 heteroatoms. The van der Waals surface area contributed by atoms with Gasteiger partial charge in [-0.1, -0.05) is 37.3 Å². The van der Waals surface area contributed by atoms with Crippen LogP contribution in [0.25, 0.3) is 0 Å². The number of esters is 1. The highest BCUT2D eigenvalue weighted by atomic mass is 16.5. The van der Waals surface area contributed by atoms with E-state index in [9.17, 15) is 19.2 Å². The Labute approximate surface area is 219 Å². The van der Waals surface area contributed by atoms with Gasteiger partial charge in [-0.15, -0.1) is 0 Å². The van der Waals surface area contributed by atoms with Gasteiger partial charge in [-0.25, -0.2) is 4.79 Å². The molecule has 0 aromatic heterocycles. The van der Waals surface area contributed by atoms with Crippen LogP contribution >= 0.6 is 0 Å². The van der Waals surface area contributed by atoms with E-state index in [0.717, 1.165) is 0 Å². The molecule has 8 nitrogen and oxygen atoms in total. The number of imide groups is 1. The van der Waals surface area contributed by atoms with Crippen LogP contribution in [0.4, 0.5) is 11.4 Å². The summed E-state index contributed by atoms with van der Waals surface area (Å²) in [5.74, 6) is -1.02. The number of fused-ring (bicyclic) bond motifs is 1. The molecule has 1 fully saturated rings. The summed E-state index contributed by atoms with van der Waals surface area (Å²) >= 11 is 0. The lowest BCUT2D eigenvalue weighted by Crippen LogP contribution is -2.31. The van der Waals surface area contributed by atoms with Crippen LogP contribution < -0.4 is 15.0 Å². The first-order valence-electron chi connectivity index (χ1n) is 12.3. The van der Waals surface area contributed by atoms with Gasteiger partial charge in [-0.3, -0.25) is 19.3 Å². The van der Waals surface area contributed by atoms with E-state index < -0.39 is 18.5 Å². The standard InChI is InChI=1S/C30H26N2O6/c1-19-6-5-9-25-27(19)29(35)32(28(25)34)22-14-10-20(11-15-22)30(36)37-18-26(33)31-21-12-16-24(17-13-21)38-23-7-3-2-4-8-23/h2-8,10-17,19,25,27H,9,18H2,1H3,(H,31,33)/t19-,25+,27-/m1/s1. The van der Waals surface area contributed by atoms with E-state index in [4.69, 9.17) is 9.47 Å². The van der Waals surface area contributed by atoms with E-state index in [-0.39, 0.29) is 35.1 Å². The molecule has 0 radical (unpaired) electrons. The Balaban J connectivity index is 1.13. The third-order valence-electron chi connectivity index (χ3n) is 6.69. The first kappa shape index (κ1) is 25.0. The number of rotatable bonds is 7. The van der Waals surface area contributed by atoms with Gasteiger partial charge < -0.3 is 14.8 Å². The number of benzene rings is 3. The summed E-state index contributed by atoms with van der Waals surface area (Å²) in [6, 6.07) is 22.2. The van der Waals surface area contributed by atoms with Crippen molar-refractivity contribution in [3.8, 4) is 11.5 Å². The summed E-state index contributed by atoms with van der Waals surface area (Å²) in [6.45, 7) is 1.47. The minimum atomic E-state index is -0.691. The smallest absolute Gasteiger partial charge is 0.338 e. The van der Waals surface area contributed by atoms with Gasteiger partial charge in [0.15, 0.2) is 6.61 Å². The molecule has 3 aromatic rings. The molecule has 3 amide bonds. The number of carbonyl (C=O) groups excluding carboxylic acids is 4. The number of amides is 3. The molecular formula is C30H26N2O6. The maximum absolute atomic E-state index is 12.9.